The van der Waals surface area contributed by atoms with Crippen molar-refractivity contribution < 1.29 is 53.2 Å². The van der Waals surface area contributed by atoms with Crippen LogP contribution in [0.25, 0.3) is 0 Å². The Morgan fingerprint density at radius 2 is 1.46 bits per heavy atom. The maximum absolute atomic E-state index is 12.2. The SMILES string of the molecule is CO[Si](CCCN(C)C(=O)F)(OC)OC.FC(CC(F)(F)F)C(F)(F)F. The molecule has 5 nitrogen and oxygen atoms in total. The Labute approximate surface area is 146 Å². The molecule has 14 heteroatoms. The second-order valence-corrected chi connectivity index (χ2v) is 7.99. The summed E-state index contributed by atoms with van der Waals surface area (Å²) >= 11 is 0. The molecule has 0 aliphatic heterocycles. The van der Waals surface area contributed by atoms with Gasteiger partial charge >= 0.3 is 27.3 Å². The van der Waals surface area contributed by atoms with Crippen molar-refractivity contribution in [2.45, 2.75) is 37.4 Å². The minimum Gasteiger partial charge on any atom is -0.377 e. The van der Waals surface area contributed by atoms with Crippen LogP contribution in [-0.4, -0.2) is 73.3 Å². The number of alkyl halides is 7. The van der Waals surface area contributed by atoms with Gasteiger partial charge in [-0.2, -0.15) is 26.3 Å². The minimum absolute atomic E-state index is 0.320. The summed E-state index contributed by atoms with van der Waals surface area (Å²) in [5, 5.41) is 0. The van der Waals surface area contributed by atoms with E-state index in [0.29, 0.717) is 19.0 Å². The number of halogens is 8. The molecule has 26 heavy (non-hydrogen) atoms. The van der Waals surface area contributed by atoms with Crippen LogP contribution in [-0.2, 0) is 13.3 Å². The van der Waals surface area contributed by atoms with Gasteiger partial charge in [0.2, 0.25) is 6.17 Å². The topological polar surface area (TPSA) is 48.0 Å². The Morgan fingerprint density at radius 3 is 1.69 bits per heavy atom. The predicted molar refractivity (Wildman–Crippen MR) is 77.0 cm³/mol. The van der Waals surface area contributed by atoms with Crippen molar-refractivity contribution in [3.63, 3.8) is 0 Å². The lowest BCUT2D eigenvalue weighted by Gasteiger charge is -2.24. The molecule has 0 saturated carbocycles. The summed E-state index contributed by atoms with van der Waals surface area (Å²) < 4.78 is 106. The quantitative estimate of drug-likeness (QED) is 0.255. The highest BCUT2D eigenvalue weighted by molar-refractivity contribution is 6.60. The Hall–Kier alpha value is -0.993. The van der Waals surface area contributed by atoms with Crippen LogP contribution in [0.1, 0.15) is 12.8 Å². The predicted octanol–water partition coefficient (Wildman–Crippen LogP) is 4.12. The molecule has 1 atom stereocenters. The van der Waals surface area contributed by atoms with Crippen LogP contribution in [0.15, 0.2) is 0 Å². The van der Waals surface area contributed by atoms with E-state index >= 15 is 0 Å². The molecule has 0 aliphatic rings. The first kappa shape index (κ1) is 27.2. The average molecular weight is 423 g/mol. The van der Waals surface area contributed by atoms with Crippen molar-refractivity contribution in [1.29, 1.82) is 0 Å². The maximum atomic E-state index is 12.2. The Bertz CT molecular complexity index is 395. The van der Waals surface area contributed by atoms with Gasteiger partial charge in [-0.05, 0) is 6.42 Å². The summed E-state index contributed by atoms with van der Waals surface area (Å²) in [5.41, 5.74) is 0. The second kappa shape index (κ2) is 11.7. The van der Waals surface area contributed by atoms with E-state index in [1.165, 1.54) is 28.4 Å². The number of carbonyl (C=O) groups is 1. The van der Waals surface area contributed by atoms with Gasteiger partial charge in [-0.15, -0.1) is 4.39 Å². The van der Waals surface area contributed by atoms with Crippen molar-refractivity contribution >= 4 is 15.0 Å². The van der Waals surface area contributed by atoms with Crippen LogP contribution in [0.2, 0.25) is 6.04 Å². The van der Waals surface area contributed by atoms with Crippen molar-refractivity contribution in [3.05, 3.63) is 0 Å². The van der Waals surface area contributed by atoms with E-state index in [4.69, 9.17) is 13.3 Å². The lowest BCUT2D eigenvalue weighted by molar-refractivity contribution is -0.222. The van der Waals surface area contributed by atoms with Gasteiger partial charge in [-0.3, -0.25) is 0 Å². The first-order chi connectivity index (χ1) is 11.6. The molecule has 0 aromatic rings. The van der Waals surface area contributed by atoms with Gasteiger partial charge in [0.25, 0.3) is 0 Å². The third-order valence-corrected chi connectivity index (χ3v) is 5.81. The summed E-state index contributed by atoms with van der Waals surface area (Å²) in [6, 6.07) is 0.550. The minimum atomic E-state index is -5.42. The monoisotopic (exact) mass is 423 g/mol. The van der Waals surface area contributed by atoms with Gasteiger partial charge in [0, 0.05) is 41.0 Å². The first-order valence-electron chi connectivity index (χ1n) is 6.97. The van der Waals surface area contributed by atoms with Crippen molar-refractivity contribution in [2.24, 2.45) is 0 Å². The molecule has 0 spiro atoms. The van der Waals surface area contributed by atoms with E-state index in [1.807, 2.05) is 0 Å². The number of carbonyl (C=O) groups excluding carboxylic acids is 1. The molecular formula is C12H21F8NO4Si. The van der Waals surface area contributed by atoms with Crippen LogP contribution in [0.3, 0.4) is 0 Å². The largest absolute Gasteiger partial charge is 0.500 e. The summed E-state index contributed by atoms with van der Waals surface area (Å²) in [6.07, 6.45) is -17.7. The molecule has 0 bridgehead atoms. The van der Waals surface area contributed by atoms with E-state index in [-0.39, 0.29) is 0 Å². The molecular weight excluding hydrogens is 402 g/mol. The molecule has 0 N–H and O–H groups in total. The highest BCUT2D eigenvalue weighted by Gasteiger charge is 2.47. The molecule has 0 rings (SSSR count). The average Bonchev–Trinajstić information content (AvgIpc) is 2.50. The van der Waals surface area contributed by atoms with Crippen molar-refractivity contribution in [3.8, 4) is 0 Å². The number of amides is 1. The maximum Gasteiger partial charge on any atom is 0.500 e. The highest BCUT2D eigenvalue weighted by Crippen LogP contribution is 2.32. The zero-order valence-corrected chi connectivity index (χ0v) is 15.5. The van der Waals surface area contributed by atoms with Crippen LogP contribution in [0, 0.1) is 0 Å². The van der Waals surface area contributed by atoms with Gasteiger partial charge in [0.15, 0.2) is 0 Å². The smallest absolute Gasteiger partial charge is 0.377 e. The van der Waals surface area contributed by atoms with Gasteiger partial charge in [-0.1, -0.05) is 0 Å². The zero-order valence-electron chi connectivity index (χ0n) is 14.5. The fraction of sp³-hybridized carbons (Fsp3) is 0.917. The lowest BCUT2D eigenvalue weighted by atomic mass is 10.2. The van der Waals surface area contributed by atoms with Crippen molar-refractivity contribution in [1.82, 2.24) is 4.90 Å². The Kier molecular flexibility index (Phi) is 12.2. The molecule has 1 amide bonds. The summed E-state index contributed by atoms with van der Waals surface area (Å²) in [5.74, 6) is 0. The standard InChI is InChI=1S/C8H18FNO4Si.C4H3F7/c1-10(8(9)11)6-5-7-15(12-2,13-3)14-4;5-2(4(9,10)11)1-3(6,7)8/h5-7H2,1-4H3;2H,1H2. The van der Waals surface area contributed by atoms with E-state index in [9.17, 15) is 39.9 Å². The molecule has 0 aromatic heterocycles. The van der Waals surface area contributed by atoms with Gasteiger partial charge in [-0.25, -0.2) is 9.18 Å². The molecule has 0 fully saturated rings. The summed E-state index contributed by atoms with van der Waals surface area (Å²) in [4.78, 5) is 11.3. The number of hydrogen-bond acceptors (Lipinski definition) is 4. The molecule has 0 saturated heterocycles. The molecule has 0 radical (unpaired) electrons. The highest BCUT2D eigenvalue weighted by atomic mass is 28.4. The van der Waals surface area contributed by atoms with Crippen LogP contribution >= 0.6 is 0 Å². The van der Waals surface area contributed by atoms with Crippen LogP contribution in [0.5, 0.6) is 0 Å². The van der Waals surface area contributed by atoms with Gasteiger partial charge < -0.3 is 18.2 Å². The molecule has 0 aliphatic carbocycles. The molecule has 1 unspecified atom stereocenters. The van der Waals surface area contributed by atoms with Crippen molar-refractivity contribution in [2.75, 3.05) is 34.9 Å². The Morgan fingerprint density at radius 1 is 1.04 bits per heavy atom. The second-order valence-electron chi connectivity index (χ2n) is 4.90. The first-order valence-corrected chi connectivity index (χ1v) is 8.91. The third kappa shape index (κ3) is 12.4. The molecule has 158 valence electrons. The summed E-state index contributed by atoms with van der Waals surface area (Å²) in [6.45, 7) is 0.320. The van der Waals surface area contributed by atoms with Gasteiger partial charge in [0.05, 0.1) is 6.42 Å². The van der Waals surface area contributed by atoms with E-state index < -0.39 is 39.9 Å². The van der Waals surface area contributed by atoms with Crippen LogP contribution < -0.4 is 0 Å². The fourth-order valence-electron chi connectivity index (χ4n) is 1.50. The molecule has 0 heterocycles. The van der Waals surface area contributed by atoms with Gasteiger partial charge in [0.1, 0.15) is 0 Å². The third-order valence-electron chi connectivity index (χ3n) is 2.98. The van der Waals surface area contributed by atoms with E-state index in [1.54, 1.807) is 0 Å². The van der Waals surface area contributed by atoms with E-state index in [0.717, 1.165) is 4.90 Å². The zero-order chi connectivity index (χ0) is 21.2. The number of rotatable bonds is 8. The Balaban J connectivity index is 0. The normalized spacial score (nSPS) is 13.7. The molecule has 0 aromatic carbocycles. The fourth-order valence-corrected chi connectivity index (χ4v) is 3.20. The number of nitrogens with zero attached hydrogens (tertiary/aromatic N) is 1. The van der Waals surface area contributed by atoms with Crippen LogP contribution in [0.4, 0.5) is 39.9 Å². The van der Waals surface area contributed by atoms with E-state index in [2.05, 4.69) is 0 Å². The lowest BCUT2D eigenvalue weighted by Crippen LogP contribution is -2.43. The number of hydrogen-bond donors (Lipinski definition) is 0. The summed E-state index contributed by atoms with van der Waals surface area (Å²) in [7, 11) is 3.37.